The first-order valence-corrected chi connectivity index (χ1v) is 42.8. The molecule has 33 heteroatoms. The van der Waals surface area contributed by atoms with Gasteiger partial charge in [0.1, 0.15) is 13.2 Å². The number of nitrogens with two attached hydrogens (primary N) is 2. The minimum Gasteiger partial charge on any atom is -0.445 e. The number of nitriles is 1. The highest BCUT2D eigenvalue weighted by atomic mass is 35.5. The molecule has 2 amide bonds. The van der Waals surface area contributed by atoms with Crippen molar-refractivity contribution in [3.8, 4) is 6.07 Å². The van der Waals surface area contributed by atoms with Crippen molar-refractivity contribution in [2.75, 3.05) is 168 Å². The number of rotatable bonds is 22. The molecular weight excluding hydrogens is 1600 g/mol. The van der Waals surface area contributed by atoms with Crippen molar-refractivity contribution in [1.29, 1.82) is 5.26 Å². The van der Waals surface area contributed by atoms with E-state index >= 15 is 0 Å². The van der Waals surface area contributed by atoms with Gasteiger partial charge in [-0.15, -0.1) is 10.2 Å². The lowest BCUT2D eigenvalue weighted by atomic mass is 9.94. The third-order valence-corrected chi connectivity index (χ3v) is 24.3. The average molecular weight is 1730 g/mol. The van der Waals surface area contributed by atoms with Gasteiger partial charge in [0, 0.05) is 169 Å². The van der Waals surface area contributed by atoms with Crippen molar-refractivity contribution >= 4 is 82.4 Å². The molecule has 0 radical (unpaired) electrons. The van der Waals surface area contributed by atoms with Crippen LogP contribution in [0.5, 0.6) is 0 Å². The number of carbonyl (C=O) groups excluding carboxylic acids is 2. The Balaban J connectivity index is 0.000000165. The van der Waals surface area contributed by atoms with Crippen LogP contribution in [-0.2, 0) is 73.1 Å². The number of nitrogens with zero attached hydrogens (tertiary/aromatic N) is 13. The number of nitrogen functional groups attached to an aromatic ring is 2. The van der Waals surface area contributed by atoms with E-state index in [1.807, 2.05) is 48.5 Å². The molecule has 0 aliphatic carbocycles. The molecule has 29 nitrogen and oxygen atoms in total. The summed E-state index contributed by atoms with van der Waals surface area (Å²) in [5.74, 6) is 1.94. The standard InChI is InChI=1S/2C22H31ClN2O4.2C20H29ClN6O2.C2H3N/c2*1-4-11-28-22(26)24-10-9-20(21(14-24)27-3)25-13-16(2)29-15-19(25)12-17-5-7-18(23)8-6-17;2*1-13-10-27(16(12-29-13)9-14-3-5-15(21)6-4-14)17-7-8-26(11-18(17)28-2)20-23-19(22)24-25-20;1-2-3/h2*4-8,16,19-21H,1,9-15H2,2-3H3;2*3-6,13,16-18H,7-12H2,1-2H3,(H3,22,23,24,25);1H3/t16-,19?,20?,21+;16-,19?,20?,21-;13-,16?,17?,18+;13-,16?,17?,18-;/m0000./s1. The summed E-state index contributed by atoms with van der Waals surface area (Å²) in [7, 11) is 7.00. The molecule has 8 aliphatic heterocycles. The van der Waals surface area contributed by atoms with Gasteiger partial charge in [-0.2, -0.15) is 15.2 Å². The molecule has 10 heterocycles. The zero-order valence-electron chi connectivity index (χ0n) is 70.3. The zero-order valence-corrected chi connectivity index (χ0v) is 73.3. The minimum atomic E-state index is -0.307. The van der Waals surface area contributed by atoms with E-state index in [1.165, 1.54) is 29.2 Å². The van der Waals surface area contributed by atoms with Gasteiger partial charge >= 0.3 is 12.2 Å². The number of amides is 2. The number of piperidine rings is 4. The number of benzene rings is 4. The number of carbonyl (C=O) groups is 2. The quantitative estimate of drug-likeness (QED) is 0.0459. The molecule has 2 aromatic heterocycles. The minimum absolute atomic E-state index is 0.0569. The molecule has 119 heavy (non-hydrogen) atoms. The van der Waals surface area contributed by atoms with Gasteiger partial charge in [-0.05, 0) is 150 Å². The van der Waals surface area contributed by atoms with E-state index in [2.05, 4.69) is 149 Å². The van der Waals surface area contributed by atoms with Gasteiger partial charge in [-0.25, -0.2) is 19.8 Å². The lowest BCUT2D eigenvalue weighted by Crippen LogP contribution is -2.62. The fourth-order valence-corrected chi connectivity index (χ4v) is 17.9. The summed E-state index contributed by atoms with van der Waals surface area (Å²) in [6, 6.07) is 36.2. The fourth-order valence-electron chi connectivity index (χ4n) is 17.4. The van der Waals surface area contributed by atoms with Crippen molar-refractivity contribution in [2.45, 2.75) is 183 Å². The lowest BCUT2D eigenvalue weighted by molar-refractivity contribution is -0.112. The molecule has 16 atom stereocenters. The Hall–Kier alpha value is -7.45. The number of aromatic amines is 2. The third kappa shape index (κ3) is 27.3. The monoisotopic (exact) mass is 1730 g/mol. The number of H-pyrrole nitrogens is 2. The summed E-state index contributed by atoms with van der Waals surface area (Å²) >= 11 is 24.2. The van der Waals surface area contributed by atoms with E-state index in [0.29, 0.717) is 87.4 Å². The van der Waals surface area contributed by atoms with E-state index in [0.717, 1.165) is 137 Å². The predicted octanol–water partition coefficient (Wildman–Crippen LogP) is 11.2. The van der Waals surface area contributed by atoms with Gasteiger partial charge in [-0.1, -0.05) is 120 Å². The summed E-state index contributed by atoms with van der Waals surface area (Å²) < 4.78 is 57.9. The van der Waals surface area contributed by atoms with Crippen LogP contribution in [0.2, 0.25) is 20.1 Å². The second-order valence-electron chi connectivity index (χ2n) is 31.6. The molecule has 6 aromatic rings. The number of ether oxygens (including phenoxy) is 10. The van der Waals surface area contributed by atoms with E-state index in [-0.39, 0.29) is 98.4 Å². The van der Waals surface area contributed by atoms with E-state index in [4.69, 9.17) is 111 Å². The molecule has 4 aromatic carbocycles. The van der Waals surface area contributed by atoms with Crippen molar-refractivity contribution < 1.29 is 57.0 Å². The largest absolute Gasteiger partial charge is 0.445 e. The van der Waals surface area contributed by atoms with E-state index < -0.39 is 0 Å². The van der Waals surface area contributed by atoms with Gasteiger partial charge in [-0.3, -0.25) is 19.6 Å². The summed E-state index contributed by atoms with van der Waals surface area (Å²) in [6.45, 7) is 29.4. The van der Waals surface area contributed by atoms with Crippen LogP contribution in [0.15, 0.2) is 122 Å². The molecule has 8 fully saturated rings. The number of aromatic nitrogens is 6. The highest BCUT2D eigenvalue weighted by Crippen LogP contribution is 2.34. The highest BCUT2D eigenvalue weighted by molar-refractivity contribution is 6.31. The maximum absolute atomic E-state index is 12.2. The summed E-state index contributed by atoms with van der Waals surface area (Å²) in [5.41, 5.74) is 16.4. The van der Waals surface area contributed by atoms with Crippen molar-refractivity contribution in [3.05, 3.63) is 165 Å². The van der Waals surface area contributed by atoms with Gasteiger partial charge in [0.25, 0.3) is 0 Å². The Morgan fingerprint density at radius 3 is 0.941 bits per heavy atom. The number of anilines is 4. The molecule has 8 saturated heterocycles. The normalized spacial score (nSPS) is 27.7. The number of halogens is 4. The maximum atomic E-state index is 12.2. The first kappa shape index (κ1) is 93.8. The van der Waals surface area contributed by atoms with Crippen LogP contribution in [0, 0.1) is 11.3 Å². The fraction of sp³-hybridized carbons (Fsp3) is 0.593. The molecule has 652 valence electrons. The molecule has 0 spiro atoms. The lowest BCUT2D eigenvalue weighted by Gasteiger charge is -2.48. The Morgan fingerprint density at radius 2 is 0.706 bits per heavy atom. The Bertz CT molecular complexity index is 3830. The maximum Gasteiger partial charge on any atom is 0.410 e. The molecule has 14 rings (SSSR count). The molecule has 6 N–H and O–H groups in total. The first-order chi connectivity index (χ1) is 57.5. The van der Waals surface area contributed by atoms with Gasteiger partial charge in [0.15, 0.2) is 0 Å². The smallest absolute Gasteiger partial charge is 0.410 e. The second kappa shape index (κ2) is 47.3. The topological polar surface area (TPSA) is 311 Å². The number of morpholine rings is 4. The molecular formula is C86H123Cl4N17O12. The Kier molecular flexibility index (Phi) is 37.3. The molecule has 0 saturated carbocycles. The number of methoxy groups -OCH3 is 4. The van der Waals surface area contributed by atoms with Crippen molar-refractivity contribution in [3.63, 3.8) is 0 Å². The van der Waals surface area contributed by atoms with E-state index in [1.54, 1.807) is 56.5 Å². The third-order valence-electron chi connectivity index (χ3n) is 23.3. The predicted molar refractivity (Wildman–Crippen MR) is 465 cm³/mol. The Morgan fingerprint density at radius 1 is 0.454 bits per heavy atom. The van der Waals surface area contributed by atoms with Crippen LogP contribution in [0.1, 0.15) is 82.6 Å². The first-order valence-electron chi connectivity index (χ1n) is 41.3. The van der Waals surface area contributed by atoms with Crippen LogP contribution in [0.4, 0.5) is 33.4 Å². The van der Waals surface area contributed by atoms with Crippen molar-refractivity contribution in [1.82, 2.24) is 59.8 Å². The molecule has 8 unspecified atom stereocenters. The SMILES string of the molecule is C=CCOC(=O)N1CCC(N2C[C@H](C)OCC2Cc2ccc(Cl)cc2)[C@@H](OC)C1.C=CCOC(=O)N1CCC(N2C[C@H](C)OCC2Cc2ccc(Cl)cc2)[C@H](OC)C1.CC#N.CO[C@@H]1CN(c2n[nH]c(N)n2)CCC1N1C[C@H](C)OCC1Cc1ccc(Cl)cc1.CO[C@H]1CN(c2n[nH]c(N)n2)CCC1N1C[C@H](C)OCC1Cc1ccc(Cl)cc1. The summed E-state index contributed by atoms with van der Waals surface area (Å²) in [4.78, 5) is 50.9. The number of hydrogen-bond donors (Lipinski definition) is 4. The number of nitrogens with one attached hydrogen (secondary N) is 2. The summed E-state index contributed by atoms with van der Waals surface area (Å²) in [5, 5.41) is 24.2. The zero-order chi connectivity index (χ0) is 85.1. The molecule has 8 aliphatic rings. The number of likely N-dealkylation sites (tertiary alicyclic amines) is 2. The molecule has 0 bridgehead atoms. The summed E-state index contributed by atoms with van der Waals surface area (Å²) in [6.07, 6.45) is 10.5. The van der Waals surface area contributed by atoms with Gasteiger partial charge < -0.3 is 78.4 Å². The Labute approximate surface area is 722 Å². The second-order valence-corrected chi connectivity index (χ2v) is 33.3. The van der Waals surface area contributed by atoms with Crippen LogP contribution >= 0.6 is 46.4 Å². The van der Waals surface area contributed by atoms with Crippen molar-refractivity contribution in [2.24, 2.45) is 0 Å². The average Bonchev–Trinajstić information content (AvgIpc) is 1.41. The van der Waals surface area contributed by atoms with Crippen LogP contribution < -0.4 is 21.3 Å². The van der Waals surface area contributed by atoms with Crippen LogP contribution in [0.25, 0.3) is 0 Å². The number of hydrogen-bond acceptors (Lipinski definition) is 25. The van der Waals surface area contributed by atoms with Crippen LogP contribution in [0.3, 0.4) is 0 Å². The van der Waals surface area contributed by atoms with Gasteiger partial charge in [0.05, 0.1) is 94.4 Å². The van der Waals surface area contributed by atoms with E-state index in [9.17, 15) is 9.59 Å². The highest BCUT2D eigenvalue weighted by Gasteiger charge is 2.46. The van der Waals surface area contributed by atoms with Crippen LogP contribution in [-0.4, -0.2) is 316 Å². The van der Waals surface area contributed by atoms with Gasteiger partial charge in [0.2, 0.25) is 23.8 Å².